The van der Waals surface area contributed by atoms with Gasteiger partial charge in [0, 0.05) is 23.2 Å². The fraction of sp³-hybridized carbons (Fsp3) is 0.357. The van der Waals surface area contributed by atoms with Crippen LogP contribution >= 0.6 is 0 Å². The van der Waals surface area contributed by atoms with Crippen molar-refractivity contribution >= 4 is 11.6 Å². The molecule has 0 bridgehead atoms. The highest BCUT2D eigenvalue weighted by molar-refractivity contribution is 5.91. The molecule has 2 aromatic rings. The Balaban J connectivity index is 1.62. The van der Waals surface area contributed by atoms with Crippen molar-refractivity contribution in [2.24, 2.45) is 5.73 Å². The van der Waals surface area contributed by atoms with Crippen LogP contribution in [0.5, 0.6) is 0 Å². The second kappa shape index (κ2) is 5.05. The van der Waals surface area contributed by atoms with Crippen LogP contribution in [-0.4, -0.2) is 21.6 Å². The number of amides is 1. The minimum Gasteiger partial charge on any atom is -0.423 e. The van der Waals surface area contributed by atoms with E-state index in [1.165, 1.54) is 6.39 Å². The Hall–Kier alpha value is -2.21. The van der Waals surface area contributed by atoms with E-state index < -0.39 is 0 Å². The van der Waals surface area contributed by atoms with Gasteiger partial charge >= 0.3 is 0 Å². The fourth-order valence-corrected chi connectivity index (χ4v) is 2.33. The third-order valence-electron chi connectivity index (χ3n) is 3.64. The lowest BCUT2D eigenvalue weighted by molar-refractivity contribution is -0.118. The van der Waals surface area contributed by atoms with E-state index in [2.05, 4.69) is 15.5 Å². The summed E-state index contributed by atoms with van der Waals surface area (Å²) in [5.41, 5.74) is 7.31. The molecule has 1 aliphatic carbocycles. The molecule has 1 aromatic heterocycles. The van der Waals surface area contributed by atoms with E-state index in [9.17, 15) is 4.79 Å². The molecule has 0 radical (unpaired) electrons. The SMILES string of the molecule is NC1(CC(=O)Nc2ccc(-c3nnco3)cc2)CCC1. The second-order valence-electron chi connectivity index (χ2n) is 5.26. The Kier molecular flexibility index (Phi) is 3.23. The lowest BCUT2D eigenvalue weighted by Gasteiger charge is -2.37. The number of hydrogen-bond donors (Lipinski definition) is 2. The molecule has 1 amide bonds. The maximum Gasteiger partial charge on any atom is 0.247 e. The first-order valence-corrected chi connectivity index (χ1v) is 6.60. The summed E-state index contributed by atoms with van der Waals surface area (Å²) in [4.78, 5) is 11.9. The predicted molar refractivity (Wildman–Crippen MR) is 73.8 cm³/mol. The molecule has 104 valence electrons. The monoisotopic (exact) mass is 272 g/mol. The topological polar surface area (TPSA) is 94.0 Å². The van der Waals surface area contributed by atoms with Crippen molar-refractivity contribution in [2.75, 3.05) is 5.32 Å². The zero-order chi connectivity index (χ0) is 14.0. The standard InChI is InChI=1S/C14H16N4O2/c15-14(6-1-7-14)8-12(19)17-11-4-2-10(3-5-11)13-18-16-9-20-13/h2-5,9H,1,6-8,15H2,(H,17,19). The summed E-state index contributed by atoms with van der Waals surface area (Å²) >= 11 is 0. The average Bonchev–Trinajstić information content (AvgIpc) is 2.91. The zero-order valence-corrected chi connectivity index (χ0v) is 11.0. The smallest absolute Gasteiger partial charge is 0.247 e. The molecule has 3 N–H and O–H groups in total. The van der Waals surface area contributed by atoms with Crippen molar-refractivity contribution in [1.29, 1.82) is 0 Å². The van der Waals surface area contributed by atoms with E-state index in [0.29, 0.717) is 12.3 Å². The third-order valence-corrected chi connectivity index (χ3v) is 3.64. The van der Waals surface area contributed by atoms with Crippen LogP contribution in [0.4, 0.5) is 5.69 Å². The number of carbonyl (C=O) groups excluding carboxylic acids is 1. The molecular weight excluding hydrogens is 256 g/mol. The van der Waals surface area contributed by atoms with Crippen LogP contribution in [0.15, 0.2) is 35.1 Å². The number of nitrogens with one attached hydrogen (secondary N) is 1. The van der Waals surface area contributed by atoms with Crippen LogP contribution in [0.3, 0.4) is 0 Å². The molecular formula is C14H16N4O2. The van der Waals surface area contributed by atoms with E-state index in [1.54, 1.807) is 12.1 Å². The van der Waals surface area contributed by atoms with Crippen LogP contribution in [0.25, 0.3) is 11.5 Å². The summed E-state index contributed by atoms with van der Waals surface area (Å²) in [7, 11) is 0. The van der Waals surface area contributed by atoms with Gasteiger partial charge in [0.15, 0.2) is 0 Å². The van der Waals surface area contributed by atoms with Gasteiger partial charge < -0.3 is 15.5 Å². The molecule has 3 rings (SSSR count). The van der Waals surface area contributed by atoms with Crippen LogP contribution in [0.1, 0.15) is 25.7 Å². The molecule has 1 aromatic carbocycles. The number of nitrogens with two attached hydrogens (primary N) is 1. The Morgan fingerprint density at radius 2 is 2.10 bits per heavy atom. The van der Waals surface area contributed by atoms with Gasteiger partial charge in [-0.05, 0) is 43.5 Å². The molecule has 1 heterocycles. The number of anilines is 1. The number of rotatable bonds is 4. The Bertz CT molecular complexity index is 588. The number of carbonyl (C=O) groups is 1. The quantitative estimate of drug-likeness (QED) is 0.887. The number of hydrogen-bond acceptors (Lipinski definition) is 5. The van der Waals surface area contributed by atoms with Crippen LogP contribution < -0.4 is 11.1 Å². The molecule has 0 saturated heterocycles. The second-order valence-corrected chi connectivity index (χ2v) is 5.26. The average molecular weight is 272 g/mol. The van der Waals surface area contributed by atoms with E-state index in [1.807, 2.05) is 12.1 Å². The molecule has 0 spiro atoms. The normalized spacial score (nSPS) is 16.4. The van der Waals surface area contributed by atoms with E-state index in [-0.39, 0.29) is 11.4 Å². The molecule has 1 aliphatic rings. The molecule has 6 heteroatoms. The first-order valence-electron chi connectivity index (χ1n) is 6.60. The van der Waals surface area contributed by atoms with E-state index >= 15 is 0 Å². The highest BCUT2D eigenvalue weighted by Crippen LogP contribution is 2.32. The number of aromatic nitrogens is 2. The summed E-state index contributed by atoms with van der Waals surface area (Å²) in [6, 6.07) is 7.26. The van der Waals surface area contributed by atoms with Crippen LogP contribution in [0.2, 0.25) is 0 Å². The van der Waals surface area contributed by atoms with Crippen molar-refractivity contribution in [1.82, 2.24) is 10.2 Å². The van der Waals surface area contributed by atoms with Crippen molar-refractivity contribution in [3.63, 3.8) is 0 Å². The first-order chi connectivity index (χ1) is 9.65. The highest BCUT2D eigenvalue weighted by atomic mass is 16.4. The molecule has 1 saturated carbocycles. The number of benzene rings is 1. The summed E-state index contributed by atoms with van der Waals surface area (Å²) in [5, 5.41) is 10.3. The number of nitrogens with zero attached hydrogens (tertiary/aromatic N) is 2. The van der Waals surface area contributed by atoms with Gasteiger partial charge in [-0.2, -0.15) is 0 Å². The Labute approximate surface area is 116 Å². The molecule has 0 aliphatic heterocycles. The van der Waals surface area contributed by atoms with Crippen molar-refractivity contribution in [3.05, 3.63) is 30.7 Å². The highest BCUT2D eigenvalue weighted by Gasteiger charge is 2.34. The molecule has 0 unspecified atom stereocenters. The molecule has 6 nitrogen and oxygen atoms in total. The Morgan fingerprint density at radius 3 is 2.65 bits per heavy atom. The van der Waals surface area contributed by atoms with Gasteiger partial charge in [0.1, 0.15) is 0 Å². The van der Waals surface area contributed by atoms with Crippen LogP contribution in [0, 0.1) is 0 Å². The van der Waals surface area contributed by atoms with Crippen molar-refractivity contribution < 1.29 is 9.21 Å². The summed E-state index contributed by atoms with van der Waals surface area (Å²) in [5.74, 6) is 0.413. The van der Waals surface area contributed by atoms with Crippen molar-refractivity contribution in [3.8, 4) is 11.5 Å². The van der Waals surface area contributed by atoms with Gasteiger partial charge in [0.25, 0.3) is 0 Å². The molecule has 0 atom stereocenters. The lowest BCUT2D eigenvalue weighted by Crippen LogP contribution is -2.48. The first kappa shape index (κ1) is 12.8. The minimum atomic E-state index is -0.298. The maximum absolute atomic E-state index is 11.9. The fourth-order valence-electron chi connectivity index (χ4n) is 2.33. The zero-order valence-electron chi connectivity index (χ0n) is 11.0. The minimum absolute atomic E-state index is 0.0438. The van der Waals surface area contributed by atoms with Gasteiger partial charge in [0.05, 0.1) is 0 Å². The third kappa shape index (κ3) is 2.70. The van der Waals surface area contributed by atoms with Crippen molar-refractivity contribution in [2.45, 2.75) is 31.2 Å². The lowest BCUT2D eigenvalue weighted by atomic mass is 9.75. The molecule has 1 fully saturated rings. The van der Waals surface area contributed by atoms with E-state index in [4.69, 9.17) is 10.2 Å². The van der Waals surface area contributed by atoms with Gasteiger partial charge in [-0.1, -0.05) is 0 Å². The van der Waals surface area contributed by atoms with E-state index in [0.717, 1.165) is 30.5 Å². The van der Waals surface area contributed by atoms with Gasteiger partial charge in [-0.25, -0.2) is 0 Å². The van der Waals surface area contributed by atoms with Gasteiger partial charge in [-0.15, -0.1) is 10.2 Å². The Morgan fingerprint density at radius 1 is 1.35 bits per heavy atom. The summed E-state index contributed by atoms with van der Waals surface area (Å²) in [6.45, 7) is 0. The largest absolute Gasteiger partial charge is 0.423 e. The van der Waals surface area contributed by atoms with Gasteiger partial charge in [-0.3, -0.25) is 4.79 Å². The molecule has 20 heavy (non-hydrogen) atoms. The predicted octanol–water partition coefficient (Wildman–Crippen LogP) is 1.95. The van der Waals surface area contributed by atoms with Gasteiger partial charge in [0.2, 0.25) is 18.2 Å². The van der Waals surface area contributed by atoms with Crippen LogP contribution in [-0.2, 0) is 4.79 Å². The summed E-state index contributed by atoms with van der Waals surface area (Å²) in [6.07, 6.45) is 4.62. The summed E-state index contributed by atoms with van der Waals surface area (Å²) < 4.78 is 5.10. The maximum atomic E-state index is 11.9.